The van der Waals surface area contributed by atoms with Crippen LogP contribution in [0.5, 0.6) is 0 Å². The molecule has 0 amide bonds. The second kappa shape index (κ2) is 69.0. The van der Waals surface area contributed by atoms with Crippen molar-refractivity contribution in [2.24, 2.45) is 0 Å². The standard InChI is InChI=1S/C76H126O6/c1-4-7-10-13-16-19-22-25-27-29-31-33-35-37-38-40-41-43-45-47-49-51-54-57-60-63-66-69-75(78)81-72-73(71-80-74(77)68-65-62-59-56-53-24-21-18-15-12-9-6-3)82-76(79)70-67-64-61-58-55-52-50-48-46-44-42-39-36-34-32-30-28-26-23-20-17-14-11-8-5-2/h7-8,10-11,16-17,19-20,25-28,31-34,39,42,46,48,52,55,73H,4-6,9,12-15,18,21-24,29-30,35-38,40-41,43-45,47,49-51,53-54,56-72H2,1-3H3/b10-7-,11-8-,19-16-,20-17-,27-25-,28-26-,33-31-,34-32-,42-39-,48-46-,55-52-. The Bertz CT molecular complexity index is 1730. The van der Waals surface area contributed by atoms with Crippen LogP contribution in [-0.2, 0) is 28.6 Å². The lowest BCUT2D eigenvalue weighted by molar-refractivity contribution is -0.167. The third-order valence-corrected chi connectivity index (χ3v) is 14.4. The molecule has 0 radical (unpaired) electrons. The molecule has 0 aliphatic carbocycles. The van der Waals surface area contributed by atoms with E-state index in [9.17, 15) is 14.4 Å². The number of allylic oxidation sites excluding steroid dienone is 22. The summed E-state index contributed by atoms with van der Waals surface area (Å²) in [6.07, 6.45) is 97.5. The van der Waals surface area contributed by atoms with Crippen molar-refractivity contribution in [2.45, 2.75) is 316 Å². The van der Waals surface area contributed by atoms with Crippen LogP contribution in [0.15, 0.2) is 134 Å². The molecule has 0 aromatic rings. The number of rotatable bonds is 61. The Morgan fingerprint density at radius 3 is 0.756 bits per heavy atom. The fourth-order valence-corrected chi connectivity index (χ4v) is 9.36. The van der Waals surface area contributed by atoms with Crippen molar-refractivity contribution in [3.63, 3.8) is 0 Å². The van der Waals surface area contributed by atoms with E-state index in [0.29, 0.717) is 12.8 Å². The van der Waals surface area contributed by atoms with Crippen LogP contribution in [0.25, 0.3) is 0 Å². The van der Waals surface area contributed by atoms with Crippen molar-refractivity contribution < 1.29 is 28.6 Å². The molecule has 0 fully saturated rings. The predicted molar refractivity (Wildman–Crippen MR) is 357 cm³/mol. The van der Waals surface area contributed by atoms with Crippen molar-refractivity contribution in [1.82, 2.24) is 0 Å². The van der Waals surface area contributed by atoms with Crippen LogP contribution >= 0.6 is 0 Å². The first-order valence-electron chi connectivity index (χ1n) is 34.2. The van der Waals surface area contributed by atoms with E-state index in [2.05, 4.69) is 154 Å². The van der Waals surface area contributed by atoms with Gasteiger partial charge in [-0.1, -0.05) is 309 Å². The fraction of sp³-hybridized carbons (Fsp3) is 0.671. The molecule has 0 bridgehead atoms. The molecule has 6 nitrogen and oxygen atoms in total. The van der Waals surface area contributed by atoms with Gasteiger partial charge in [0.05, 0.1) is 0 Å². The predicted octanol–water partition coefficient (Wildman–Crippen LogP) is 23.7. The topological polar surface area (TPSA) is 78.9 Å². The Morgan fingerprint density at radius 2 is 0.476 bits per heavy atom. The number of hydrogen-bond donors (Lipinski definition) is 0. The van der Waals surface area contributed by atoms with Crippen LogP contribution in [0.2, 0.25) is 0 Å². The minimum absolute atomic E-state index is 0.0918. The summed E-state index contributed by atoms with van der Waals surface area (Å²) in [5, 5.41) is 0. The highest BCUT2D eigenvalue weighted by Gasteiger charge is 2.19. The Morgan fingerprint density at radius 1 is 0.256 bits per heavy atom. The van der Waals surface area contributed by atoms with Gasteiger partial charge in [-0.25, -0.2) is 0 Å². The zero-order valence-corrected chi connectivity index (χ0v) is 53.5. The molecule has 0 aliphatic heterocycles. The molecule has 1 unspecified atom stereocenters. The number of hydrogen-bond acceptors (Lipinski definition) is 6. The second-order valence-corrected chi connectivity index (χ2v) is 22.3. The van der Waals surface area contributed by atoms with Gasteiger partial charge < -0.3 is 14.2 Å². The third-order valence-electron chi connectivity index (χ3n) is 14.4. The molecule has 0 aromatic heterocycles. The lowest BCUT2D eigenvalue weighted by Gasteiger charge is -2.18. The minimum Gasteiger partial charge on any atom is -0.462 e. The molecule has 0 aliphatic rings. The number of ether oxygens (including phenoxy) is 3. The van der Waals surface area contributed by atoms with E-state index in [4.69, 9.17) is 14.2 Å². The van der Waals surface area contributed by atoms with E-state index in [0.717, 1.165) is 135 Å². The zero-order chi connectivity index (χ0) is 59.2. The summed E-state index contributed by atoms with van der Waals surface area (Å²) < 4.78 is 16.9. The molecule has 82 heavy (non-hydrogen) atoms. The highest BCUT2D eigenvalue weighted by Crippen LogP contribution is 2.16. The molecular formula is C76H126O6. The van der Waals surface area contributed by atoms with E-state index in [1.165, 1.54) is 135 Å². The number of carbonyl (C=O) groups excluding carboxylic acids is 3. The van der Waals surface area contributed by atoms with E-state index in [1.54, 1.807) is 0 Å². The normalized spacial score (nSPS) is 13.0. The molecule has 1 atom stereocenters. The number of esters is 3. The summed E-state index contributed by atoms with van der Waals surface area (Å²) in [6.45, 7) is 6.40. The van der Waals surface area contributed by atoms with E-state index in [-0.39, 0.29) is 37.5 Å². The summed E-state index contributed by atoms with van der Waals surface area (Å²) in [5.41, 5.74) is 0. The van der Waals surface area contributed by atoms with Crippen LogP contribution < -0.4 is 0 Å². The van der Waals surface area contributed by atoms with Crippen molar-refractivity contribution in [2.75, 3.05) is 13.2 Å². The van der Waals surface area contributed by atoms with Gasteiger partial charge in [0.25, 0.3) is 0 Å². The first kappa shape index (κ1) is 77.5. The quantitative estimate of drug-likeness (QED) is 0.0261. The van der Waals surface area contributed by atoms with Crippen LogP contribution in [0.1, 0.15) is 310 Å². The average Bonchev–Trinajstić information content (AvgIpc) is 3.47. The SMILES string of the molecule is CC/C=C\C/C=C\C/C=C\C/C=C\C/C=C\C/C=C\C/C=C\CCCCCC(=O)OC(COC(=O)CCCCCCCCCCCCCC)COC(=O)CCCCCCCCCCCCCCCC/C=C\C/C=C\C/C=C\C/C=C\CC. The molecule has 0 spiro atoms. The average molecular weight is 1140 g/mol. The summed E-state index contributed by atoms with van der Waals surface area (Å²) >= 11 is 0. The Balaban J connectivity index is 4.35. The van der Waals surface area contributed by atoms with Crippen molar-refractivity contribution in [3.05, 3.63) is 134 Å². The molecule has 0 saturated heterocycles. The molecule has 0 heterocycles. The molecular weight excluding hydrogens is 1010 g/mol. The molecule has 0 saturated carbocycles. The van der Waals surface area contributed by atoms with E-state index < -0.39 is 6.10 Å². The van der Waals surface area contributed by atoms with Crippen molar-refractivity contribution in [3.8, 4) is 0 Å². The van der Waals surface area contributed by atoms with Crippen LogP contribution in [0.3, 0.4) is 0 Å². The van der Waals surface area contributed by atoms with Gasteiger partial charge in [-0.3, -0.25) is 14.4 Å². The monoisotopic (exact) mass is 1130 g/mol. The van der Waals surface area contributed by atoms with Crippen molar-refractivity contribution in [1.29, 1.82) is 0 Å². The molecule has 6 heteroatoms. The number of unbranched alkanes of at least 4 members (excludes halogenated alkanes) is 28. The summed E-state index contributed by atoms with van der Waals surface area (Å²) in [5.74, 6) is -0.918. The Labute approximate surface area is 506 Å². The van der Waals surface area contributed by atoms with Gasteiger partial charge in [-0.05, 0) is 116 Å². The van der Waals surface area contributed by atoms with Crippen LogP contribution in [0.4, 0.5) is 0 Å². The van der Waals surface area contributed by atoms with Gasteiger partial charge in [0, 0.05) is 19.3 Å². The van der Waals surface area contributed by atoms with Gasteiger partial charge in [0.15, 0.2) is 6.10 Å². The summed E-state index contributed by atoms with van der Waals surface area (Å²) in [4.78, 5) is 38.4. The highest BCUT2D eigenvalue weighted by atomic mass is 16.6. The van der Waals surface area contributed by atoms with Crippen LogP contribution in [-0.4, -0.2) is 37.2 Å². The second-order valence-electron chi connectivity index (χ2n) is 22.3. The van der Waals surface area contributed by atoms with Gasteiger partial charge in [0.2, 0.25) is 0 Å². The van der Waals surface area contributed by atoms with Gasteiger partial charge in [0.1, 0.15) is 13.2 Å². The van der Waals surface area contributed by atoms with Crippen LogP contribution in [0, 0.1) is 0 Å². The van der Waals surface area contributed by atoms with E-state index in [1.807, 2.05) is 0 Å². The fourth-order valence-electron chi connectivity index (χ4n) is 9.36. The maximum atomic E-state index is 12.9. The summed E-state index contributed by atoms with van der Waals surface area (Å²) in [7, 11) is 0. The van der Waals surface area contributed by atoms with Gasteiger partial charge >= 0.3 is 17.9 Å². The highest BCUT2D eigenvalue weighted by molar-refractivity contribution is 5.71. The third kappa shape index (κ3) is 66.4. The number of carbonyl (C=O) groups is 3. The molecule has 0 rings (SSSR count). The Kier molecular flexibility index (Phi) is 65.3. The molecule has 0 aromatic carbocycles. The Hall–Kier alpha value is -4.45. The molecule has 0 N–H and O–H groups in total. The maximum Gasteiger partial charge on any atom is 0.306 e. The smallest absolute Gasteiger partial charge is 0.306 e. The largest absolute Gasteiger partial charge is 0.462 e. The zero-order valence-electron chi connectivity index (χ0n) is 53.5. The lowest BCUT2D eigenvalue weighted by Crippen LogP contribution is -2.30. The minimum atomic E-state index is -0.800. The maximum absolute atomic E-state index is 12.9. The van der Waals surface area contributed by atoms with E-state index >= 15 is 0 Å². The van der Waals surface area contributed by atoms with Gasteiger partial charge in [-0.15, -0.1) is 0 Å². The lowest BCUT2D eigenvalue weighted by atomic mass is 10.0. The first-order chi connectivity index (χ1) is 40.5. The van der Waals surface area contributed by atoms with Gasteiger partial charge in [-0.2, -0.15) is 0 Å². The molecule has 466 valence electrons. The van der Waals surface area contributed by atoms with Crippen molar-refractivity contribution >= 4 is 17.9 Å². The first-order valence-corrected chi connectivity index (χ1v) is 34.2. The summed E-state index contributed by atoms with van der Waals surface area (Å²) in [6, 6.07) is 0.